The summed E-state index contributed by atoms with van der Waals surface area (Å²) in [6, 6.07) is 0. The van der Waals surface area contributed by atoms with Crippen LogP contribution < -0.4 is 0 Å². The van der Waals surface area contributed by atoms with Crippen LogP contribution in [0.2, 0.25) is 0 Å². The van der Waals surface area contributed by atoms with Gasteiger partial charge in [0.1, 0.15) is 0 Å². The van der Waals surface area contributed by atoms with Crippen LogP contribution in [0.5, 0.6) is 0 Å². The number of hydrogen-bond acceptors (Lipinski definition) is 3. The highest BCUT2D eigenvalue weighted by Gasteiger charge is 2.34. The molecule has 0 aromatic carbocycles. The van der Waals surface area contributed by atoms with Crippen LogP contribution >= 0.6 is 0 Å². The maximum Gasteiger partial charge on any atom is 0.302 e. The van der Waals surface area contributed by atoms with Crippen molar-refractivity contribution >= 4 is 5.97 Å². The zero-order valence-corrected chi connectivity index (χ0v) is 9.45. The van der Waals surface area contributed by atoms with Gasteiger partial charge in [-0.25, -0.2) is 0 Å². The van der Waals surface area contributed by atoms with Gasteiger partial charge in [0.15, 0.2) is 0 Å². The van der Waals surface area contributed by atoms with E-state index in [9.17, 15) is 4.79 Å². The Morgan fingerprint density at radius 3 is 2.64 bits per heavy atom. The van der Waals surface area contributed by atoms with Gasteiger partial charge in [0, 0.05) is 19.4 Å². The van der Waals surface area contributed by atoms with E-state index in [0.29, 0.717) is 24.4 Å². The highest BCUT2D eigenvalue weighted by atomic mass is 16.5. The Morgan fingerprint density at radius 1 is 1.57 bits per heavy atom. The lowest BCUT2D eigenvalue weighted by atomic mass is 9.88. The monoisotopic (exact) mass is 200 g/mol. The van der Waals surface area contributed by atoms with Crippen LogP contribution in [-0.2, 0) is 14.3 Å². The summed E-state index contributed by atoms with van der Waals surface area (Å²) in [5, 5.41) is 0. The smallest absolute Gasteiger partial charge is 0.302 e. The fraction of sp³-hybridized carbons (Fsp3) is 0.909. The van der Waals surface area contributed by atoms with E-state index in [1.807, 2.05) is 0 Å². The van der Waals surface area contributed by atoms with Crippen LogP contribution in [0.15, 0.2) is 0 Å². The number of ether oxygens (including phenoxy) is 2. The molecule has 4 unspecified atom stereocenters. The third kappa shape index (κ3) is 2.71. The van der Waals surface area contributed by atoms with Gasteiger partial charge in [0.05, 0.1) is 12.7 Å². The average molecular weight is 200 g/mol. The van der Waals surface area contributed by atoms with E-state index in [-0.39, 0.29) is 12.1 Å². The number of carbonyl (C=O) groups excluding carboxylic acids is 1. The fourth-order valence-corrected chi connectivity index (χ4v) is 1.92. The average Bonchev–Trinajstić information content (AvgIpc) is 2.44. The van der Waals surface area contributed by atoms with E-state index in [1.54, 1.807) is 0 Å². The van der Waals surface area contributed by atoms with Crippen molar-refractivity contribution in [1.29, 1.82) is 0 Å². The molecule has 0 aliphatic carbocycles. The third-order valence-electron chi connectivity index (χ3n) is 3.08. The molecule has 1 saturated heterocycles. The number of carbonyl (C=O) groups is 1. The summed E-state index contributed by atoms with van der Waals surface area (Å²) in [7, 11) is 0. The Morgan fingerprint density at radius 2 is 2.21 bits per heavy atom. The third-order valence-corrected chi connectivity index (χ3v) is 3.08. The standard InChI is InChI=1S/C11H20O3/c1-7-5-14-11(9(7)3)8(2)6-13-10(4)12/h7-9,11H,5-6H2,1-4H3. The van der Waals surface area contributed by atoms with Crippen LogP contribution in [0, 0.1) is 17.8 Å². The van der Waals surface area contributed by atoms with Gasteiger partial charge < -0.3 is 9.47 Å². The molecule has 0 N–H and O–H groups in total. The maximum absolute atomic E-state index is 10.6. The first-order chi connectivity index (χ1) is 6.52. The molecule has 1 rings (SSSR count). The molecule has 0 saturated carbocycles. The number of rotatable bonds is 3. The minimum atomic E-state index is -0.212. The Hall–Kier alpha value is -0.570. The molecule has 4 atom stereocenters. The lowest BCUT2D eigenvalue weighted by molar-refractivity contribution is -0.143. The summed E-state index contributed by atoms with van der Waals surface area (Å²) in [6.45, 7) is 9.21. The predicted octanol–water partition coefficient (Wildman–Crippen LogP) is 1.86. The molecule has 0 bridgehead atoms. The molecule has 0 aromatic rings. The van der Waals surface area contributed by atoms with Gasteiger partial charge in [-0.1, -0.05) is 20.8 Å². The molecule has 0 aromatic heterocycles. The molecular weight excluding hydrogens is 180 g/mol. The van der Waals surface area contributed by atoms with Crippen LogP contribution in [-0.4, -0.2) is 25.3 Å². The lowest BCUT2D eigenvalue weighted by Gasteiger charge is -2.22. The molecule has 0 radical (unpaired) electrons. The molecule has 3 heteroatoms. The largest absolute Gasteiger partial charge is 0.465 e. The molecule has 0 spiro atoms. The van der Waals surface area contributed by atoms with Crippen LogP contribution in [0.3, 0.4) is 0 Å². The van der Waals surface area contributed by atoms with E-state index in [2.05, 4.69) is 20.8 Å². The Kier molecular flexibility index (Phi) is 3.93. The van der Waals surface area contributed by atoms with Gasteiger partial charge in [-0.3, -0.25) is 4.79 Å². The first-order valence-corrected chi connectivity index (χ1v) is 5.27. The van der Waals surface area contributed by atoms with Gasteiger partial charge in [-0.2, -0.15) is 0 Å². The minimum Gasteiger partial charge on any atom is -0.465 e. The second kappa shape index (κ2) is 4.78. The maximum atomic E-state index is 10.6. The second-order valence-corrected chi connectivity index (χ2v) is 4.41. The first kappa shape index (κ1) is 11.5. The summed E-state index contributed by atoms with van der Waals surface area (Å²) in [6.07, 6.45) is 0.240. The van der Waals surface area contributed by atoms with Crippen molar-refractivity contribution in [2.75, 3.05) is 13.2 Å². The normalized spacial score (nSPS) is 34.1. The van der Waals surface area contributed by atoms with E-state index in [0.717, 1.165) is 6.61 Å². The molecule has 82 valence electrons. The first-order valence-electron chi connectivity index (χ1n) is 5.27. The Bertz CT molecular complexity index is 203. The molecule has 0 amide bonds. The number of hydrogen-bond donors (Lipinski definition) is 0. The zero-order valence-electron chi connectivity index (χ0n) is 9.45. The molecule has 1 aliphatic heterocycles. The predicted molar refractivity (Wildman–Crippen MR) is 53.9 cm³/mol. The summed E-state index contributed by atoms with van der Waals surface area (Å²) in [4.78, 5) is 10.6. The van der Waals surface area contributed by atoms with Gasteiger partial charge in [0.2, 0.25) is 0 Å². The van der Waals surface area contributed by atoms with E-state index in [4.69, 9.17) is 9.47 Å². The van der Waals surface area contributed by atoms with Crippen LogP contribution in [0.1, 0.15) is 27.7 Å². The van der Waals surface area contributed by atoms with E-state index in [1.165, 1.54) is 6.92 Å². The number of esters is 1. The minimum absolute atomic E-state index is 0.212. The zero-order chi connectivity index (χ0) is 10.7. The highest BCUT2D eigenvalue weighted by Crippen LogP contribution is 2.30. The van der Waals surface area contributed by atoms with Gasteiger partial charge in [-0.05, 0) is 11.8 Å². The van der Waals surface area contributed by atoms with E-state index >= 15 is 0 Å². The molecule has 1 aliphatic rings. The topological polar surface area (TPSA) is 35.5 Å². The van der Waals surface area contributed by atoms with Gasteiger partial charge in [0.25, 0.3) is 0 Å². The van der Waals surface area contributed by atoms with Gasteiger partial charge in [-0.15, -0.1) is 0 Å². The summed E-state index contributed by atoms with van der Waals surface area (Å²) >= 11 is 0. The molecular formula is C11H20O3. The molecule has 14 heavy (non-hydrogen) atoms. The van der Waals surface area contributed by atoms with Crippen molar-refractivity contribution in [3.63, 3.8) is 0 Å². The van der Waals surface area contributed by atoms with Crippen molar-refractivity contribution in [2.45, 2.75) is 33.8 Å². The Labute approximate surface area is 85.8 Å². The van der Waals surface area contributed by atoms with Gasteiger partial charge >= 0.3 is 5.97 Å². The summed E-state index contributed by atoms with van der Waals surface area (Å²) in [5.41, 5.74) is 0. The highest BCUT2D eigenvalue weighted by molar-refractivity contribution is 5.65. The summed E-state index contributed by atoms with van der Waals surface area (Å²) < 4.78 is 10.7. The van der Waals surface area contributed by atoms with Crippen molar-refractivity contribution in [3.8, 4) is 0 Å². The van der Waals surface area contributed by atoms with Crippen molar-refractivity contribution in [3.05, 3.63) is 0 Å². The van der Waals surface area contributed by atoms with Crippen LogP contribution in [0.25, 0.3) is 0 Å². The fourth-order valence-electron chi connectivity index (χ4n) is 1.92. The van der Waals surface area contributed by atoms with Crippen molar-refractivity contribution in [2.24, 2.45) is 17.8 Å². The van der Waals surface area contributed by atoms with E-state index < -0.39 is 0 Å². The molecule has 1 fully saturated rings. The Balaban J connectivity index is 2.37. The van der Waals surface area contributed by atoms with Crippen molar-refractivity contribution in [1.82, 2.24) is 0 Å². The summed E-state index contributed by atoms with van der Waals surface area (Å²) in [5.74, 6) is 1.25. The second-order valence-electron chi connectivity index (χ2n) is 4.41. The van der Waals surface area contributed by atoms with Crippen molar-refractivity contribution < 1.29 is 14.3 Å². The lowest BCUT2D eigenvalue weighted by Crippen LogP contribution is -2.28. The SMILES string of the molecule is CC(=O)OCC(C)C1OCC(C)C1C. The quantitative estimate of drug-likeness (QED) is 0.652. The molecule has 1 heterocycles. The van der Waals surface area contributed by atoms with Crippen LogP contribution in [0.4, 0.5) is 0 Å². The molecule has 3 nitrogen and oxygen atoms in total.